The summed E-state index contributed by atoms with van der Waals surface area (Å²) in [4.78, 5) is 17.3. The number of rotatable bonds is 2. The van der Waals surface area contributed by atoms with Gasteiger partial charge in [-0.25, -0.2) is 4.98 Å². The Morgan fingerprint density at radius 3 is 2.71 bits per heavy atom. The summed E-state index contributed by atoms with van der Waals surface area (Å²) in [5.74, 6) is -0.604. The minimum Gasteiger partial charge on any atom is -0.459 e. The van der Waals surface area contributed by atoms with Crippen LogP contribution < -0.4 is 0 Å². The van der Waals surface area contributed by atoms with Gasteiger partial charge in [-0.2, -0.15) is 4.39 Å². The van der Waals surface area contributed by atoms with Gasteiger partial charge in [-0.3, -0.25) is 4.79 Å². The molecule has 3 heterocycles. The number of halogens is 1. The maximum atomic E-state index is 13.7. The van der Waals surface area contributed by atoms with Gasteiger partial charge in [0.25, 0.3) is 5.91 Å². The molecule has 0 saturated carbocycles. The van der Waals surface area contributed by atoms with Gasteiger partial charge in [0.1, 0.15) is 0 Å². The Morgan fingerprint density at radius 2 is 2.10 bits per heavy atom. The van der Waals surface area contributed by atoms with E-state index in [2.05, 4.69) is 4.98 Å². The first-order valence-corrected chi connectivity index (χ1v) is 6.76. The molecule has 110 valence electrons. The fourth-order valence-electron chi connectivity index (χ4n) is 2.64. The minimum atomic E-state index is -1.28. The van der Waals surface area contributed by atoms with Crippen LogP contribution in [0.4, 0.5) is 4.39 Å². The highest BCUT2D eigenvalue weighted by Crippen LogP contribution is 2.34. The number of hydrogen-bond acceptors (Lipinski definition) is 4. The van der Waals surface area contributed by atoms with Gasteiger partial charge in [0, 0.05) is 24.8 Å². The Kier molecular flexibility index (Phi) is 3.47. The lowest BCUT2D eigenvalue weighted by atomic mass is 9.85. The van der Waals surface area contributed by atoms with Crippen LogP contribution in [0.1, 0.15) is 29.0 Å². The smallest absolute Gasteiger partial charge is 0.289 e. The van der Waals surface area contributed by atoms with Crippen LogP contribution >= 0.6 is 0 Å². The molecule has 0 unspecified atom stereocenters. The summed E-state index contributed by atoms with van der Waals surface area (Å²) in [7, 11) is 0. The Balaban J connectivity index is 1.73. The van der Waals surface area contributed by atoms with Gasteiger partial charge in [-0.05, 0) is 31.0 Å². The van der Waals surface area contributed by atoms with Crippen LogP contribution in [-0.2, 0) is 5.60 Å². The number of aliphatic hydroxyl groups is 1. The molecule has 0 radical (unpaired) electrons. The van der Waals surface area contributed by atoms with E-state index in [0.29, 0.717) is 13.1 Å². The summed E-state index contributed by atoms with van der Waals surface area (Å²) in [6.45, 7) is 0.675. The number of aromatic nitrogens is 1. The highest BCUT2D eigenvalue weighted by Gasteiger charge is 2.38. The summed E-state index contributed by atoms with van der Waals surface area (Å²) in [6, 6.07) is 6.38. The van der Waals surface area contributed by atoms with E-state index in [1.165, 1.54) is 18.5 Å². The predicted molar refractivity (Wildman–Crippen MR) is 71.9 cm³/mol. The first-order valence-electron chi connectivity index (χ1n) is 6.76. The van der Waals surface area contributed by atoms with Gasteiger partial charge in [0.05, 0.1) is 11.9 Å². The van der Waals surface area contributed by atoms with Gasteiger partial charge < -0.3 is 14.4 Å². The van der Waals surface area contributed by atoms with Crippen molar-refractivity contribution in [2.75, 3.05) is 13.1 Å². The number of furan rings is 1. The molecule has 0 atom stereocenters. The summed E-state index contributed by atoms with van der Waals surface area (Å²) < 4.78 is 18.8. The molecule has 1 saturated heterocycles. The molecule has 0 aliphatic carbocycles. The van der Waals surface area contributed by atoms with Crippen molar-refractivity contribution in [3.63, 3.8) is 0 Å². The molecular formula is C15H15FN2O3. The van der Waals surface area contributed by atoms with Crippen molar-refractivity contribution in [3.05, 3.63) is 54.0 Å². The third kappa shape index (κ3) is 2.54. The van der Waals surface area contributed by atoms with E-state index in [0.717, 1.165) is 0 Å². The van der Waals surface area contributed by atoms with Gasteiger partial charge in [-0.15, -0.1) is 0 Å². The number of hydrogen-bond donors (Lipinski definition) is 1. The van der Waals surface area contributed by atoms with Crippen LogP contribution in [0.25, 0.3) is 0 Å². The number of carbonyl (C=O) groups excluding carboxylic acids is 1. The second kappa shape index (κ2) is 5.29. The molecule has 3 rings (SSSR count). The molecule has 1 fully saturated rings. The number of amides is 1. The number of nitrogens with zero attached hydrogens (tertiary/aromatic N) is 2. The lowest BCUT2D eigenvalue weighted by Gasteiger charge is -2.38. The second-order valence-electron chi connectivity index (χ2n) is 5.14. The molecule has 1 amide bonds. The third-order valence-corrected chi connectivity index (χ3v) is 3.87. The lowest BCUT2D eigenvalue weighted by molar-refractivity contribution is -0.0247. The zero-order chi connectivity index (χ0) is 14.9. The molecule has 0 bridgehead atoms. The molecular weight excluding hydrogens is 275 g/mol. The monoisotopic (exact) mass is 290 g/mol. The molecule has 1 N–H and O–H groups in total. The van der Waals surface area contributed by atoms with Crippen LogP contribution in [0.15, 0.2) is 41.1 Å². The number of pyridine rings is 1. The fourth-order valence-corrected chi connectivity index (χ4v) is 2.64. The van der Waals surface area contributed by atoms with Crippen molar-refractivity contribution in [2.45, 2.75) is 18.4 Å². The van der Waals surface area contributed by atoms with E-state index in [4.69, 9.17) is 4.42 Å². The lowest BCUT2D eigenvalue weighted by Crippen LogP contribution is -2.45. The molecule has 6 heteroatoms. The molecule has 0 aromatic carbocycles. The molecule has 21 heavy (non-hydrogen) atoms. The van der Waals surface area contributed by atoms with Crippen molar-refractivity contribution < 1.29 is 18.7 Å². The standard InChI is InChI=1S/C15H15FN2O3/c16-13-11(3-1-7-17-13)15(20)5-8-18(9-6-15)14(19)12-4-2-10-21-12/h1-4,7,10,20H,5-6,8-9H2. The van der Waals surface area contributed by atoms with Crippen LogP contribution in [-0.4, -0.2) is 34.0 Å². The van der Waals surface area contributed by atoms with Crippen molar-refractivity contribution in [1.82, 2.24) is 9.88 Å². The summed E-state index contributed by atoms with van der Waals surface area (Å²) in [6.07, 6.45) is 3.32. The van der Waals surface area contributed by atoms with Gasteiger partial charge in [0.2, 0.25) is 5.95 Å². The SMILES string of the molecule is O=C(c1ccco1)N1CCC(O)(c2cccnc2F)CC1. The van der Waals surface area contributed by atoms with Gasteiger partial charge in [-0.1, -0.05) is 6.07 Å². The average Bonchev–Trinajstić information content (AvgIpc) is 3.02. The van der Waals surface area contributed by atoms with Gasteiger partial charge >= 0.3 is 0 Å². The fraction of sp³-hybridized carbons (Fsp3) is 0.333. The largest absolute Gasteiger partial charge is 0.459 e. The summed E-state index contributed by atoms with van der Waals surface area (Å²) in [5.41, 5.74) is -1.09. The van der Waals surface area contributed by atoms with Crippen LogP contribution in [0.5, 0.6) is 0 Å². The molecule has 1 aliphatic heterocycles. The normalized spacial score (nSPS) is 17.7. The zero-order valence-electron chi connectivity index (χ0n) is 11.3. The topological polar surface area (TPSA) is 66.6 Å². The van der Waals surface area contributed by atoms with Crippen LogP contribution in [0.2, 0.25) is 0 Å². The minimum absolute atomic E-state index is 0.190. The van der Waals surface area contributed by atoms with Crippen LogP contribution in [0.3, 0.4) is 0 Å². The van der Waals surface area contributed by atoms with Crippen LogP contribution in [0, 0.1) is 5.95 Å². The highest BCUT2D eigenvalue weighted by atomic mass is 19.1. The predicted octanol–water partition coefficient (Wildman–Crippen LogP) is 1.94. The average molecular weight is 290 g/mol. The van der Waals surface area contributed by atoms with E-state index in [1.54, 1.807) is 23.1 Å². The maximum Gasteiger partial charge on any atom is 0.289 e. The zero-order valence-corrected chi connectivity index (χ0v) is 11.3. The van der Waals surface area contributed by atoms with E-state index < -0.39 is 11.5 Å². The Hall–Kier alpha value is -2.21. The summed E-state index contributed by atoms with van der Waals surface area (Å²) >= 11 is 0. The van der Waals surface area contributed by atoms with E-state index in [1.807, 2.05) is 0 Å². The quantitative estimate of drug-likeness (QED) is 0.858. The van der Waals surface area contributed by atoms with E-state index in [-0.39, 0.29) is 30.1 Å². The molecule has 0 spiro atoms. The number of likely N-dealkylation sites (tertiary alicyclic amines) is 1. The van der Waals surface area contributed by atoms with Crippen molar-refractivity contribution in [2.24, 2.45) is 0 Å². The highest BCUT2D eigenvalue weighted by molar-refractivity contribution is 5.91. The second-order valence-corrected chi connectivity index (χ2v) is 5.14. The first-order chi connectivity index (χ1) is 10.1. The summed E-state index contributed by atoms with van der Waals surface area (Å²) in [5, 5.41) is 10.6. The van der Waals surface area contributed by atoms with E-state index in [9.17, 15) is 14.3 Å². The molecule has 2 aromatic heterocycles. The molecule has 2 aromatic rings. The Labute approximate surface area is 121 Å². The molecule has 5 nitrogen and oxygen atoms in total. The Morgan fingerprint density at radius 1 is 1.33 bits per heavy atom. The number of piperidine rings is 1. The van der Waals surface area contributed by atoms with Crippen molar-refractivity contribution in [3.8, 4) is 0 Å². The third-order valence-electron chi connectivity index (χ3n) is 3.87. The van der Waals surface area contributed by atoms with Crippen molar-refractivity contribution in [1.29, 1.82) is 0 Å². The molecule has 1 aliphatic rings. The number of carbonyl (C=O) groups is 1. The first kappa shape index (κ1) is 13.8. The Bertz CT molecular complexity index is 634. The van der Waals surface area contributed by atoms with Gasteiger partial charge in [0.15, 0.2) is 5.76 Å². The van der Waals surface area contributed by atoms with E-state index >= 15 is 0 Å². The van der Waals surface area contributed by atoms with Crippen molar-refractivity contribution >= 4 is 5.91 Å². The maximum absolute atomic E-state index is 13.7.